The summed E-state index contributed by atoms with van der Waals surface area (Å²) in [6, 6.07) is 0. The summed E-state index contributed by atoms with van der Waals surface area (Å²) in [4.78, 5) is 0. The highest BCUT2D eigenvalue weighted by Gasteiger charge is 2.45. The molecule has 1 heteroatoms. The first-order chi connectivity index (χ1) is 7.56. The standard InChI is InChI=1S/C15H28O/c1-11-6-7-14-13(12(11)8-10-16)5-4-9-15(14,2)3/h11-14,16H,4-10H2,1-3H3. The zero-order valence-electron chi connectivity index (χ0n) is 11.2. The minimum absolute atomic E-state index is 0.388. The van der Waals surface area contributed by atoms with Gasteiger partial charge in [0, 0.05) is 6.61 Å². The van der Waals surface area contributed by atoms with E-state index >= 15 is 0 Å². The van der Waals surface area contributed by atoms with Crippen LogP contribution < -0.4 is 0 Å². The van der Waals surface area contributed by atoms with E-state index in [1.165, 1.54) is 32.1 Å². The number of aliphatic hydroxyl groups excluding tert-OH is 1. The van der Waals surface area contributed by atoms with E-state index in [1.807, 2.05) is 0 Å². The van der Waals surface area contributed by atoms with E-state index in [1.54, 1.807) is 0 Å². The average Bonchev–Trinajstić information content (AvgIpc) is 2.22. The SMILES string of the molecule is CC1CCC2C(CCCC2(C)C)C1CCO. The summed E-state index contributed by atoms with van der Waals surface area (Å²) in [5, 5.41) is 9.26. The molecule has 2 fully saturated rings. The Balaban J connectivity index is 2.14. The van der Waals surface area contributed by atoms with Crippen LogP contribution in [0.1, 0.15) is 59.3 Å². The van der Waals surface area contributed by atoms with Crippen molar-refractivity contribution in [3.8, 4) is 0 Å². The maximum absolute atomic E-state index is 9.26. The second-order valence-electron chi connectivity index (χ2n) is 6.88. The van der Waals surface area contributed by atoms with Gasteiger partial charge in [0.2, 0.25) is 0 Å². The number of hydrogen-bond donors (Lipinski definition) is 1. The van der Waals surface area contributed by atoms with Gasteiger partial charge in [-0.25, -0.2) is 0 Å². The zero-order chi connectivity index (χ0) is 11.8. The largest absolute Gasteiger partial charge is 0.396 e. The van der Waals surface area contributed by atoms with Crippen molar-refractivity contribution in [1.82, 2.24) is 0 Å². The van der Waals surface area contributed by atoms with Crippen molar-refractivity contribution in [3.63, 3.8) is 0 Å². The summed E-state index contributed by atoms with van der Waals surface area (Å²) >= 11 is 0. The molecule has 0 amide bonds. The molecular weight excluding hydrogens is 196 g/mol. The molecule has 0 radical (unpaired) electrons. The third-order valence-corrected chi connectivity index (χ3v) is 5.56. The lowest BCUT2D eigenvalue weighted by Crippen LogP contribution is -2.44. The molecule has 4 unspecified atom stereocenters. The van der Waals surface area contributed by atoms with Gasteiger partial charge in [-0.15, -0.1) is 0 Å². The first-order valence-corrected chi connectivity index (χ1v) is 7.17. The Kier molecular flexibility index (Phi) is 3.63. The van der Waals surface area contributed by atoms with Crippen molar-refractivity contribution in [3.05, 3.63) is 0 Å². The van der Waals surface area contributed by atoms with Crippen LogP contribution in [-0.2, 0) is 0 Å². The van der Waals surface area contributed by atoms with Crippen molar-refractivity contribution >= 4 is 0 Å². The molecule has 0 aliphatic heterocycles. The zero-order valence-corrected chi connectivity index (χ0v) is 11.2. The van der Waals surface area contributed by atoms with Crippen molar-refractivity contribution < 1.29 is 5.11 Å². The molecule has 2 saturated carbocycles. The lowest BCUT2D eigenvalue weighted by Gasteiger charge is -2.52. The minimum atomic E-state index is 0.388. The van der Waals surface area contributed by atoms with Crippen molar-refractivity contribution in [1.29, 1.82) is 0 Å². The molecule has 1 N–H and O–H groups in total. The maximum Gasteiger partial charge on any atom is 0.0433 e. The molecule has 16 heavy (non-hydrogen) atoms. The Morgan fingerprint density at radius 2 is 1.94 bits per heavy atom. The van der Waals surface area contributed by atoms with Gasteiger partial charge in [0.15, 0.2) is 0 Å². The van der Waals surface area contributed by atoms with Crippen molar-refractivity contribution in [2.24, 2.45) is 29.1 Å². The van der Waals surface area contributed by atoms with Gasteiger partial charge in [0.05, 0.1) is 0 Å². The number of aliphatic hydroxyl groups is 1. The van der Waals surface area contributed by atoms with Gasteiger partial charge in [-0.2, -0.15) is 0 Å². The van der Waals surface area contributed by atoms with E-state index in [0.29, 0.717) is 12.0 Å². The maximum atomic E-state index is 9.26. The minimum Gasteiger partial charge on any atom is -0.396 e. The van der Waals surface area contributed by atoms with E-state index in [0.717, 1.165) is 30.1 Å². The van der Waals surface area contributed by atoms with Crippen molar-refractivity contribution in [2.75, 3.05) is 6.61 Å². The molecule has 2 aliphatic rings. The summed E-state index contributed by atoms with van der Waals surface area (Å²) in [5.41, 5.74) is 0.552. The molecule has 2 rings (SSSR count). The highest BCUT2D eigenvalue weighted by atomic mass is 16.3. The summed E-state index contributed by atoms with van der Waals surface area (Å²) in [7, 11) is 0. The Labute approximate surface area is 101 Å². The molecule has 0 bridgehead atoms. The summed E-state index contributed by atoms with van der Waals surface area (Å²) < 4.78 is 0. The van der Waals surface area contributed by atoms with Crippen LogP contribution in [0.5, 0.6) is 0 Å². The molecule has 0 heterocycles. The topological polar surface area (TPSA) is 20.2 Å². The third kappa shape index (κ3) is 2.16. The molecule has 0 aromatic rings. The molecule has 4 atom stereocenters. The Hall–Kier alpha value is -0.0400. The molecule has 1 nitrogen and oxygen atoms in total. The second kappa shape index (κ2) is 4.68. The van der Waals surface area contributed by atoms with E-state index in [9.17, 15) is 5.11 Å². The van der Waals surface area contributed by atoms with E-state index in [-0.39, 0.29) is 0 Å². The lowest BCUT2D eigenvalue weighted by molar-refractivity contribution is -0.0273. The van der Waals surface area contributed by atoms with Gasteiger partial charge in [-0.3, -0.25) is 0 Å². The van der Waals surface area contributed by atoms with Crippen LogP contribution in [0, 0.1) is 29.1 Å². The Morgan fingerprint density at radius 3 is 2.62 bits per heavy atom. The predicted octanol–water partition coefficient (Wildman–Crippen LogP) is 3.86. The van der Waals surface area contributed by atoms with Gasteiger partial charge in [-0.1, -0.05) is 33.6 Å². The Morgan fingerprint density at radius 1 is 1.19 bits per heavy atom. The smallest absolute Gasteiger partial charge is 0.0433 e. The Bertz CT molecular complexity index is 234. The van der Waals surface area contributed by atoms with E-state index in [2.05, 4.69) is 20.8 Å². The van der Waals surface area contributed by atoms with Crippen LogP contribution in [-0.4, -0.2) is 11.7 Å². The second-order valence-corrected chi connectivity index (χ2v) is 6.88. The number of fused-ring (bicyclic) bond motifs is 1. The highest BCUT2D eigenvalue weighted by Crippen LogP contribution is 2.54. The summed E-state index contributed by atoms with van der Waals surface area (Å²) in [6.07, 6.45) is 8.09. The number of hydrogen-bond acceptors (Lipinski definition) is 1. The summed E-state index contributed by atoms with van der Waals surface area (Å²) in [5.74, 6) is 3.46. The predicted molar refractivity (Wildman–Crippen MR) is 68.2 cm³/mol. The molecule has 0 aromatic carbocycles. The van der Waals surface area contributed by atoms with Gasteiger partial charge in [0.25, 0.3) is 0 Å². The monoisotopic (exact) mass is 224 g/mol. The molecule has 2 aliphatic carbocycles. The van der Waals surface area contributed by atoms with Crippen LogP contribution in [0.25, 0.3) is 0 Å². The van der Waals surface area contributed by atoms with Crippen LogP contribution in [0.4, 0.5) is 0 Å². The molecule has 0 saturated heterocycles. The fourth-order valence-electron chi connectivity index (χ4n) is 4.60. The fourth-order valence-corrected chi connectivity index (χ4v) is 4.60. The quantitative estimate of drug-likeness (QED) is 0.755. The first kappa shape index (κ1) is 12.4. The molecular formula is C15H28O. The molecule has 94 valence electrons. The van der Waals surface area contributed by atoms with E-state index < -0.39 is 0 Å². The molecule has 0 aromatic heterocycles. The van der Waals surface area contributed by atoms with Gasteiger partial charge >= 0.3 is 0 Å². The van der Waals surface area contributed by atoms with Crippen LogP contribution >= 0.6 is 0 Å². The third-order valence-electron chi connectivity index (χ3n) is 5.56. The van der Waals surface area contributed by atoms with Crippen molar-refractivity contribution in [2.45, 2.75) is 59.3 Å². The highest BCUT2D eigenvalue weighted by molar-refractivity contribution is 4.95. The first-order valence-electron chi connectivity index (χ1n) is 7.17. The van der Waals surface area contributed by atoms with E-state index in [4.69, 9.17) is 0 Å². The molecule has 0 spiro atoms. The normalized spacial score (nSPS) is 42.8. The lowest BCUT2D eigenvalue weighted by atomic mass is 9.53. The van der Waals surface area contributed by atoms with Gasteiger partial charge in [0.1, 0.15) is 0 Å². The van der Waals surface area contributed by atoms with Crippen LogP contribution in [0.15, 0.2) is 0 Å². The van der Waals surface area contributed by atoms with Crippen LogP contribution in [0.2, 0.25) is 0 Å². The van der Waals surface area contributed by atoms with Crippen LogP contribution in [0.3, 0.4) is 0 Å². The van der Waals surface area contributed by atoms with Gasteiger partial charge < -0.3 is 5.11 Å². The number of rotatable bonds is 2. The van der Waals surface area contributed by atoms with Gasteiger partial charge in [-0.05, 0) is 54.8 Å². The summed E-state index contributed by atoms with van der Waals surface area (Å²) in [6.45, 7) is 7.72. The average molecular weight is 224 g/mol. The fraction of sp³-hybridized carbons (Fsp3) is 1.00.